The van der Waals surface area contributed by atoms with E-state index in [2.05, 4.69) is 13.8 Å². The van der Waals surface area contributed by atoms with Gasteiger partial charge < -0.3 is 10.6 Å². The van der Waals surface area contributed by atoms with Crippen LogP contribution in [0, 0.1) is 5.92 Å². The summed E-state index contributed by atoms with van der Waals surface area (Å²) in [5.74, 6) is 0.555. The van der Waals surface area contributed by atoms with Gasteiger partial charge in [0.05, 0.1) is 0 Å². The summed E-state index contributed by atoms with van der Waals surface area (Å²) in [7, 11) is 0. The van der Waals surface area contributed by atoms with Crippen molar-refractivity contribution in [2.75, 3.05) is 6.54 Å². The standard InChI is InChI=1S/C17H26N2O/c1-13(2)12-19(15-10-6-7-11-15)17(20)16(18)14-8-4-3-5-9-14/h3-5,8-9,13,15-16H,6-7,10-12,18H2,1-2H3/t16-/m1/s1. The molecule has 1 fully saturated rings. The molecular weight excluding hydrogens is 248 g/mol. The smallest absolute Gasteiger partial charge is 0.244 e. The summed E-state index contributed by atoms with van der Waals surface area (Å²) < 4.78 is 0. The summed E-state index contributed by atoms with van der Waals surface area (Å²) in [6.07, 6.45) is 4.71. The van der Waals surface area contributed by atoms with Crippen LogP contribution in [0.5, 0.6) is 0 Å². The van der Waals surface area contributed by atoms with Crippen molar-refractivity contribution in [3.8, 4) is 0 Å². The highest BCUT2D eigenvalue weighted by atomic mass is 16.2. The molecule has 1 saturated carbocycles. The molecule has 3 heteroatoms. The Morgan fingerprint density at radius 1 is 1.25 bits per heavy atom. The molecule has 2 N–H and O–H groups in total. The van der Waals surface area contributed by atoms with Crippen LogP contribution >= 0.6 is 0 Å². The van der Waals surface area contributed by atoms with Crippen molar-refractivity contribution < 1.29 is 4.79 Å². The first kappa shape index (κ1) is 15.0. The van der Waals surface area contributed by atoms with Crippen molar-refractivity contribution in [3.63, 3.8) is 0 Å². The second kappa shape index (κ2) is 6.89. The zero-order chi connectivity index (χ0) is 14.5. The number of carbonyl (C=O) groups excluding carboxylic acids is 1. The molecule has 0 spiro atoms. The first-order valence-electron chi connectivity index (χ1n) is 7.70. The molecule has 1 aromatic rings. The fourth-order valence-corrected chi connectivity index (χ4v) is 3.01. The van der Waals surface area contributed by atoms with Gasteiger partial charge in [0.25, 0.3) is 0 Å². The fraction of sp³-hybridized carbons (Fsp3) is 0.588. The van der Waals surface area contributed by atoms with E-state index in [0.717, 1.165) is 24.9 Å². The van der Waals surface area contributed by atoms with E-state index in [0.29, 0.717) is 12.0 Å². The van der Waals surface area contributed by atoms with Crippen molar-refractivity contribution >= 4 is 5.91 Å². The summed E-state index contributed by atoms with van der Waals surface area (Å²) in [5.41, 5.74) is 7.10. The predicted octanol–water partition coefficient (Wildman–Crippen LogP) is 3.11. The molecule has 2 rings (SSSR count). The number of hydrogen-bond donors (Lipinski definition) is 1. The van der Waals surface area contributed by atoms with Crippen LogP contribution in [-0.2, 0) is 4.79 Å². The number of rotatable bonds is 5. The van der Waals surface area contributed by atoms with E-state index in [1.54, 1.807) is 0 Å². The topological polar surface area (TPSA) is 46.3 Å². The van der Waals surface area contributed by atoms with E-state index in [9.17, 15) is 4.79 Å². The lowest BCUT2D eigenvalue weighted by atomic mass is 10.0. The molecule has 0 heterocycles. The van der Waals surface area contributed by atoms with Crippen LogP contribution in [0.4, 0.5) is 0 Å². The van der Waals surface area contributed by atoms with Crippen LogP contribution < -0.4 is 5.73 Å². The van der Waals surface area contributed by atoms with Crippen molar-refractivity contribution in [1.82, 2.24) is 4.90 Å². The second-order valence-corrected chi connectivity index (χ2v) is 6.21. The molecule has 0 bridgehead atoms. The van der Waals surface area contributed by atoms with Crippen LogP contribution in [-0.4, -0.2) is 23.4 Å². The molecule has 0 aliphatic heterocycles. The SMILES string of the molecule is CC(C)CN(C(=O)[C@H](N)c1ccccc1)C1CCCC1. The average Bonchev–Trinajstić information content (AvgIpc) is 2.98. The monoisotopic (exact) mass is 274 g/mol. The third-order valence-corrected chi connectivity index (χ3v) is 4.04. The van der Waals surface area contributed by atoms with Gasteiger partial charge in [-0.1, -0.05) is 57.0 Å². The molecule has 3 nitrogen and oxygen atoms in total. The highest BCUT2D eigenvalue weighted by molar-refractivity contribution is 5.83. The van der Waals surface area contributed by atoms with Crippen LogP contribution in [0.15, 0.2) is 30.3 Å². The molecule has 0 unspecified atom stereocenters. The molecule has 1 aliphatic rings. The van der Waals surface area contributed by atoms with Gasteiger partial charge in [-0.2, -0.15) is 0 Å². The molecule has 1 aromatic carbocycles. The Kier molecular flexibility index (Phi) is 5.18. The Bertz CT molecular complexity index is 424. The lowest BCUT2D eigenvalue weighted by Gasteiger charge is -2.32. The van der Waals surface area contributed by atoms with Crippen molar-refractivity contribution in [3.05, 3.63) is 35.9 Å². The Morgan fingerprint density at radius 3 is 2.40 bits per heavy atom. The number of nitrogens with zero attached hydrogens (tertiary/aromatic N) is 1. The number of hydrogen-bond acceptors (Lipinski definition) is 2. The molecule has 1 atom stereocenters. The summed E-state index contributed by atoms with van der Waals surface area (Å²) in [5, 5.41) is 0. The number of amides is 1. The largest absolute Gasteiger partial charge is 0.338 e. The van der Waals surface area contributed by atoms with Crippen LogP contribution in [0.2, 0.25) is 0 Å². The number of benzene rings is 1. The molecular formula is C17H26N2O. The van der Waals surface area contributed by atoms with E-state index in [4.69, 9.17) is 5.73 Å². The van der Waals surface area contributed by atoms with Gasteiger partial charge in [0, 0.05) is 12.6 Å². The Hall–Kier alpha value is -1.35. The molecule has 0 saturated heterocycles. The van der Waals surface area contributed by atoms with Crippen molar-refractivity contribution in [1.29, 1.82) is 0 Å². The second-order valence-electron chi connectivity index (χ2n) is 6.21. The highest BCUT2D eigenvalue weighted by Gasteiger charge is 2.30. The Labute approximate surface area is 122 Å². The molecule has 1 aliphatic carbocycles. The minimum absolute atomic E-state index is 0.0804. The van der Waals surface area contributed by atoms with Crippen LogP contribution in [0.1, 0.15) is 51.1 Å². The minimum atomic E-state index is -0.532. The average molecular weight is 274 g/mol. The maximum absolute atomic E-state index is 12.8. The number of carbonyl (C=O) groups is 1. The summed E-state index contributed by atoms with van der Waals surface area (Å²) >= 11 is 0. The van der Waals surface area contributed by atoms with Gasteiger partial charge in [-0.3, -0.25) is 4.79 Å². The van der Waals surface area contributed by atoms with E-state index < -0.39 is 6.04 Å². The van der Waals surface area contributed by atoms with Gasteiger partial charge in [0.2, 0.25) is 5.91 Å². The maximum atomic E-state index is 12.8. The van der Waals surface area contributed by atoms with Gasteiger partial charge in [0.15, 0.2) is 0 Å². The van der Waals surface area contributed by atoms with Gasteiger partial charge >= 0.3 is 0 Å². The van der Waals surface area contributed by atoms with Gasteiger partial charge in [0.1, 0.15) is 6.04 Å². The summed E-state index contributed by atoms with van der Waals surface area (Å²) in [6.45, 7) is 5.12. The maximum Gasteiger partial charge on any atom is 0.244 e. The summed E-state index contributed by atoms with van der Waals surface area (Å²) in [6, 6.07) is 9.55. The molecule has 0 aromatic heterocycles. The normalized spacial score (nSPS) is 17.4. The predicted molar refractivity (Wildman–Crippen MR) is 82.2 cm³/mol. The minimum Gasteiger partial charge on any atom is -0.338 e. The van der Waals surface area contributed by atoms with Crippen LogP contribution in [0.25, 0.3) is 0 Å². The Balaban J connectivity index is 2.13. The van der Waals surface area contributed by atoms with Gasteiger partial charge in [-0.25, -0.2) is 0 Å². The first-order chi connectivity index (χ1) is 9.59. The zero-order valence-corrected chi connectivity index (χ0v) is 12.6. The van der Waals surface area contributed by atoms with Gasteiger partial charge in [-0.15, -0.1) is 0 Å². The number of nitrogens with two attached hydrogens (primary N) is 1. The third kappa shape index (κ3) is 3.60. The lowest BCUT2D eigenvalue weighted by Crippen LogP contribution is -2.45. The van der Waals surface area contributed by atoms with Gasteiger partial charge in [-0.05, 0) is 24.3 Å². The molecule has 110 valence electrons. The van der Waals surface area contributed by atoms with E-state index in [1.807, 2.05) is 35.2 Å². The lowest BCUT2D eigenvalue weighted by molar-refractivity contribution is -0.135. The first-order valence-corrected chi connectivity index (χ1v) is 7.70. The highest BCUT2D eigenvalue weighted by Crippen LogP contribution is 2.26. The summed E-state index contributed by atoms with van der Waals surface area (Å²) in [4.78, 5) is 14.8. The molecule has 0 radical (unpaired) electrons. The fourth-order valence-electron chi connectivity index (χ4n) is 3.01. The molecule has 20 heavy (non-hydrogen) atoms. The molecule has 1 amide bonds. The van der Waals surface area contributed by atoms with E-state index in [1.165, 1.54) is 12.8 Å². The zero-order valence-electron chi connectivity index (χ0n) is 12.6. The quantitative estimate of drug-likeness (QED) is 0.896. The van der Waals surface area contributed by atoms with E-state index >= 15 is 0 Å². The van der Waals surface area contributed by atoms with Crippen molar-refractivity contribution in [2.45, 2.75) is 51.6 Å². The third-order valence-electron chi connectivity index (χ3n) is 4.04. The Morgan fingerprint density at radius 2 is 1.85 bits per heavy atom. The van der Waals surface area contributed by atoms with Crippen molar-refractivity contribution in [2.24, 2.45) is 11.7 Å². The van der Waals surface area contributed by atoms with E-state index in [-0.39, 0.29) is 5.91 Å². The van der Waals surface area contributed by atoms with Crippen LogP contribution in [0.3, 0.4) is 0 Å².